The second kappa shape index (κ2) is 4.80. The molecule has 0 saturated carbocycles. The number of aromatic hydroxyl groups is 1. The molecule has 98 valence electrons. The predicted octanol–water partition coefficient (Wildman–Crippen LogP) is 2.52. The number of phenolic OH excluding ortho intramolecular Hbond substituents is 1. The number of benzene rings is 1. The molecule has 4 nitrogen and oxygen atoms in total. The Hall–Kier alpha value is -1.84. The molecule has 0 atom stereocenters. The van der Waals surface area contributed by atoms with Gasteiger partial charge < -0.3 is 10.2 Å². The van der Waals surface area contributed by atoms with Crippen LogP contribution in [0, 0.1) is 0 Å². The summed E-state index contributed by atoms with van der Waals surface area (Å²) in [7, 11) is 0. The molecule has 18 heavy (non-hydrogen) atoms. The largest absolute Gasteiger partial charge is 0.507 e. The average molecular weight is 250 g/mol. The van der Waals surface area contributed by atoms with Crippen molar-refractivity contribution in [2.45, 2.75) is 39.5 Å². The Balaban J connectivity index is 3.53. The molecule has 1 rings (SSSR count). The Morgan fingerprint density at radius 1 is 1.22 bits per heavy atom. The summed E-state index contributed by atoms with van der Waals surface area (Å²) in [6.45, 7) is 7.61. The minimum atomic E-state index is -1.56. The summed E-state index contributed by atoms with van der Waals surface area (Å²) in [6.07, 6.45) is 0.670. The Labute approximate surface area is 106 Å². The number of carboxylic acids is 1. The van der Waals surface area contributed by atoms with Crippen LogP contribution >= 0.6 is 0 Å². The number of Topliss-reactive ketones (excluding diaryl/α,β-unsaturated/α-hetero) is 1. The quantitative estimate of drug-likeness (QED) is 0.638. The Morgan fingerprint density at radius 2 is 1.78 bits per heavy atom. The van der Waals surface area contributed by atoms with Crippen molar-refractivity contribution in [1.82, 2.24) is 0 Å². The summed E-state index contributed by atoms with van der Waals surface area (Å²) >= 11 is 0. The van der Waals surface area contributed by atoms with Crippen molar-refractivity contribution in [2.24, 2.45) is 0 Å². The van der Waals surface area contributed by atoms with E-state index in [0.717, 1.165) is 5.56 Å². The van der Waals surface area contributed by atoms with Crippen LogP contribution in [-0.2, 0) is 16.6 Å². The van der Waals surface area contributed by atoms with E-state index in [4.69, 9.17) is 5.11 Å². The summed E-state index contributed by atoms with van der Waals surface area (Å²) in [5.74, 6) is -2.86. The van der Waals surface area contributed by atoms with E-state index < -0.39 is 11.8 Å². The lowest BCUT2D eigenvalue weighted by Gasteiger charge is -2.22. The summed E-state index contributed by atoms with van der Waals surface area (Å²) in [4.78, 5) is 22.3. The Bertz CT molecular complexity index is 495. The molecule has 0 radical (unpaired) electrons. The number of carboxylic acid groups (broad SMARTS) is 1. The zero-order valence-electron chi connectivity index (χ0n) is 11.1. The molecule has 4 heteroatoms. The molecule has 0 fully saturated rings. The number of rotatable bonds is 3. The number of aliphatic carboxylic acids is 1. The molecule has 0 aliphatic carbocycles. The number of hydrogen-bond acceptors (Lipinski definition) is 3. The highest BCUT2D eigenvalue weighted by molar-refractivity contribution is 6.40. The normalized spacial score (nSPS) is 11.3. The van der Waals surface area contributed by atoms with Crippen molar-refractivity contribution in [3.05, 3.63) is 28.8 Å². The van der Waals surface area contributed by atoms with Gasteiger partial charge in [-0.3, -0.25) is 4.79 Å². The van der Waals surface area contributed by atoms with E-state index in [9.17, 15) is 14.7 Å². The first kappa shape index (κ1) is 14.2. The molecule has 0 saturated heterocycles. The molecule has 1 aromatic rings. The van der Waals surface area contributed by atoms with Gasteiger partial charge in [-0.15, -0.1) is 0 Å². The van der Waals surface area contributed by atoms with Gasteiger partial charge in [-0.25, -0.2) is 4.79 Å². The van der Waals surface area contributed by atoms with Crippen molar-refractivity contribution in [2.75, 3.05) is 0 Å². The van der Waals surface area contributed by atoms with Crippen LogP contribution in [0.2, 0.25) is 0 Å². The summed E-state index contributed by atoms with van der Waals surface area (Å²) in [6, 6.07) is 3.26. The van der Waals surface area contributed by atoms with Gasteiger partial charge in [0.25, 0.3) is 5.78 Å². The van der Waals surface area contributed by atoms with Crippen LogP contribution in [0.5, 0.6) is 5.75 Å². The molecule has 0 aliphatic rings. The van der Waals surface area contributed by atoms with Gasteiger partial charge in [-0.1, -0.05) is 33.8 Å². The van der Waals surface area contributed by atoms with Crippen molar-refractivity contribution >= 4 is 11.8 Å². The molecule has 0 amide bonds. The van der Waals surface area contributed by atoms with E-state index >= 15 is 0 Å². The lowest BCUT2D eigenvalue weighted by Crippen LogP contribution is -2.17. The van der Waals surface area contributed by atoms with E-state index in [1.165, 1.54) is 6.07 Å². The van der Waals surface area contributed by atoms with Gasteiger partial charge in [0.1, 0.15) is 5.75 Å². The summed E-state index contributed by atoms with van der Waals surface area (Å²) in [5.41, 5.74) is 0.934. The molecular weight excluding hydrogens is 232 g/mol. The molecule has 0 unspecified atom stereocenters. The molecule has 0 spiro atoms. The van der Waals surface area contributed by atoms with Crippen molar-refractivity contribution in [3.63, 3.8) is 0 Å². The molecular formula is C14H18O4. The second-order valence-corrected chi connectivity index (χ2v) is 5.28. The van der Waals surface area contributed by atoms with Gasteiger partial charge in [0.15, 0.2) is 0 Å². The fraction of sp³-hybridized carbons (Fsp3) is 0.429. The monoisotopic (exact) mass is 250 g/mol. The molecule has 1 aromatic carbocycles. The van der Waals surface area contributed by atoms with Crippen LogP contribution in [0.1, 0.15) is 49.2 Å². The Kier molecular flexibility index (Phi) is 3.79. The van der Waals surface area contributed by atoms with Gasteiger partial charge in [0, 0.05) is 5.56 Å². The van der Waals surface area contributed by atoms with E-state index in [0.29, 0.717) is 12.0 Å². The smallest absolute Gasteiger partial charge is 0.377 e. The number of phenols is 1. The van der Waals surface area contributed by atoms with Crippen LogP contribution < -0.4 is 0 Å². The second-order valence-electron chi connectivity index (χ2n) is 5.28. The first-order valence-corrected chi connectivity index (χ1v) is 5.82. The van der Waals surface area contributed by atoms with Gasteiger partial charge in [-0.05, 0) is 23.5 Å². The third kappa shape index (κ3) is 2.70. The molecule has 0 heterocycles. The number of aryl methyl sites for hydroxylation is 1. The van der Waals surface area contributed by atoms with E-state index in [2.05, 4.69) is 0 Å². The first-order chi connectivity index (χ1) is 8.18. The van der Waals surface area contributed by atoms with E-state index in [-0.39, 0.29) is 16.7 Å². The minimum Gasteiger partial charge on any atom is -0.507 e. The van der Waals surface area contributed by atoms with Crippen molar-refractivity contribution in [1.29, 1.82) is 0 Å². The van der Waals surface area contributed by atoms with Gasteiger partial charge in [-0.2, -0.15) is 0 Å². The van der Waals surface area contributed by atoms with Gasteiger partial charge in [0.2, 0.25) is 0 Å². The standard InChI is InChI=1S/C14H18O4/c1-5-8-6-9(12(16)13(17)18)11(15)10(7-8)14(2,3)4/h6-7,15H,5H2,1-4H3,(H,17,18). The number of ketones is 1. The van der Waals surface area contributed by atoms with E-state index in [1.807, 2.05) is 33.8 Å². The van der Waals surface area contributed by atoms with Crippen LogP contribution in [-0.4, -0.2) is 22.0 Å². The highest BCUT2D eigenvalue weighted by Crippen LogP contribution is 2.34. The number of carbonyl (C=O) groups excluding carboxylic acids is 1. The maximum Gasteiger partial charge on any atom is 0.377 e. The predicted molar refractivity (Wildman–Crippen MR) is 68.2 cm³/mol. The first-order valence-electron chi connectivity index (χ1n) is 5.82. The SMILES string of the molecule is CCc1cc(C(=O)C(=O)O)c(O)c(C(C)(C)C)c1. The fourth-order valence-electron chi connectivity index (χ4n) is 1.76. The highest BCUT2D eigenvalue weighted by atomic mass is 16.4. The molecule has 2 N–H and O–H groups in total. The minimum absolute atomic E-state index is 0.133. The summed E-state index contributed by atoms with van der Waals surface area (Å²) < 4.78 is 0. The highest BCUT2D eigenvalue weighted by Gasteiger charge is 2.26. The van der Waals surface area contributed by atoms with Crippen molar-refractivity contribution in [3.8, 4) is 5.75 Å². The molecule has 0 aromatic heterocycles. The van der Waals surface area contributed by atoms with Crippen molar-refractivity contribution < 1.29 is 19.8 Å². The van der Waals surface area contributed by atoms with Crippen LogP contribution in [0.4, 0.5) is 0 Å². The van der Waals surface area contributed by atoms with Crippen LogP contribution in [0.15, 0.2) is 12.1 Å². The zero-order chi connectivity index (χ0) is 14.1. The average Bonchev–Trinajstić information content (AvgIpc) is 2.26. The third-order valence-corrected chi connectivity index (χ3v) is 2.82. The zero-order valence-corrected chi connectivity index (χ0v) is 11.1. The lowest BCUT2D eigenvalue weighted by atomic mass is 9.83. The van der Waals surface area contributed by atoms with Crippen LogP contribution in [0.25, 0.3) is 0 Å². The van der Waals surface area contributed by atoms with Gasteiger partial charge in [0.05, 0.1) is 5.56 Å². The summed E-state index contributed by atoms with van der Waals surface area (Å²) in [5, 5.41) is 18.8. The Morgan fingerprint density at radius 3 is 2.17 bits per heavy atom. The molecule has 0 bridgehead atoms. The van der Waals surface area contributed by atoms with Gasteiger partial charge >= 0.3 is 5.97 Å². The van der Waals surface area contributed by atoms with E-state index in [1.54, 1.807) is 0 Å². The number of carbonyl (C=O) groups is 2. The maximum atomic E-state index is 11.6. The third-order valence-electron chi connectivity index (χ3n) is 2.82. The van der Waals surface area contributed by atoms with Crippen LogP contribution in [0.3, 0.4) is 0 Å². The fourth-order valence-corrected chi connectivity index (χ4v) is 1.76. The molecule has 0 aliphatic heterocycles. The number of hydrogen-bond donors (Lipinski definition) is 2. The maximum absolute atomic E-state index is 11.6. The lowest BCUT2D eigenvalue weighted by molar-refractivity contribution is -0.131. The topological polar surface area (TPSA) is 74.6 Å².